The highest BCUT2D eigenvalue weighted by Gasteiger charge is 2.43. The van der Waals surface area contributed by atoms with Gasteiger partial charge < -0.3 is 11.1 Å². The van der Waals surface area contributed by atoms with Gasteiger partial charge in [-0.15, -0.1) is 11.3 Å². The van der Waals surface area contributed by atoms with Crippen molar-refractivity contribution < 1.29 is 4.79 Å². The minimum atomic E-state index is -0.609. The van der Waals surface area contributed by atoms with Crippen molar-refractivity contribution in [2.24, 2.45) is 11.1 Å². The third-order valence-electron chi connectivity index (χ3n) is 3.65. The molecule has 0 atom stereocenters. The van der Waals surface area contributed by atoms with Gasteiger partial charge in [-0.25, -0.2) is 0 Å². The lowest BCUT2D eigenvalue weighted by Crippen LogP contribution is -2.47. The van der Waals surface area contributed by atoms with Crippen LogP contribution in [0.25, 0.3) is 0 Å². The van der Waals surface area contributed by atoms with Crippen LogP contribution in [0.4, 0.5) is 0 Å². The van der Waals surface area contributed by atoms with Crippen molar-refractivity contribution in [2.75, 3.05) is 6.54 Å². The fraction of sp³-hybridized carbons (Fsp3) is 0.538. The van der Waals surface area contributed by atoms with Crippen molar-refractivity contribution in [1.29, 1.82) is 0 Å². The number of thiophene rings is 1. The number of thiocarbonyl (C=S) groups is 1. The Morgan fingerprint density at radius 1 is 1.47 bits per heavy atom. The monoisotopic (exact) mass is 316 g/mol. The highest BCUT2D eigenvalue weighted by atomic mass is 35.5. The first-order chi connectivity index (χ1) is 9.04. The van der Waals surface area contributed by atoms with Gasteiger partial charge in [0.1, 0.15) is 0 Å². The lowest BCUT2D eigenvalue weighted by Gasteiger charge is -2.26. The van der Waals surface area contributed by atoms with Gasteiger partial charge in [0.15, 0.2) is 0 Å². The molecule has 1 heterocycles. The number of hydrogen-bond acceptors (Lipinski definition) is 3. The van der Waals surface area contributed by atoms with Crippen LogP contribution in [-0.4, -0.2) is 17.4 Å². The van der Waals surface area contributed by atoms with E-state index in [-0.39, 0.29) is 5.91 Å². The van der Waals surface area contributed by atoms with E-state index in [4.69, 9.17) is 29.6 Å². The van der Waals surface area contributed by atoms with Gasteiger partial charge >= 0.3 is 0 Å². The van der Waals surface area contributed by atoms with Crippen LogP contribution in [-0.2, 0) is 11.2 Å². The topological polar surface area (TPSA) is 55.1 Å². The van der Waals surface area contributed by atoms with E-state index in [1.165, 1.54) is 4.88 Å². The number of carbonyl (C=O) groups is 1. The summed E-state index contributed by atoms with van der Waals surface area (Å²) in [6, 6.07) is 3.86. The zero-order valence-corrected chi connectivity index (χ0v) is 13.0. The lowest BCUT2D eigenvalue weighted by molar-refractivity contribution is -0.127. The molecular formula is C13H17ClN2OS2. The Labute approximate surface area is 127 Å². The molecule has 0 unspecified atom stereocenters. The van der Waals surface area contributed by atoms with Crippen LogP contribution in [0.3, 0.4) is 0 Å². The summed E-state index contributed by atoms with van der Waals surface area (Å²) < 4.78 is 0.775. The molecule has 104 valence electrons. The summed E-state index contributed by atoms with van der Waals surface area (Å²) in [6.07, 6.45) is 4.38. The van der Waals surface area contributed by atoms with E-state index in [9.17, 15) is 4.79 Å². The van der Waals surface area contributed by atoms with Crippen LogP contribution in [0.15, 0.2) is 12.1 Å². The molecule has 19 heavy (non-hydrogen) atoms. The number of amides is 1. The Kier molecular flexibility index (Phi) is 4.81. The van der Waals surface area contributed by atoms with Crippen LogP contribution in [0.1, 0.15) is 30.6 Å². The van der Waals surface area contributed by atoms with Crippen molar-refractivity contribution in [2.45, 2.75) is 32.1 Å². The quantitative estimate of drug-likeness (QED) is 0.821. The summed E-state index contributed by atoms with van der Waals surface area (Å²) in [7, 11) is 0. The van der Waals surface area contributed by atoms with E-state index in [2.05, 4.69) is 5.32 Å². The van der Waals surface area contributed by atoms with Crippen molar-refractivity contribution in [3.8, 4) is 0 Å². The van der Waals surface area contributed by atoms with Gasteiger partial charge in [-0.3, -0.25) is 4.79 Å². The summed E-state index contributed by atoms with van der Waals surface area (Å²) in [6.45, 7) is 0.597. The van der Waals surface area contributed by atoms with Gasteiger partial charge in [-0.1, -0.05) is 36.7 Å². The summed E-state index contributed by atoms with van der Waals surface area (Å²) in [5.41, 5.74) is 5.17. The lowest BCUT2D eigenvalue weighted by atomic mass is 9.85. The number of hydrogen-bond donors (Lipinski definition) is 2. The molecule has 0 bridgehead atoms. The summed E-state index contributed by atoms with van der Waals surface area (Å²) in [5.74, 6) is -0.0137. The molecule has 1 amide bonds. The molecule has 0 aliphatic heterocycles. The average molecular weight is 317 g/mol. The second-order valence-electron chi connectivity index (χ2n) is 4.87. The molecule has 1 aromatic rings. The molecule has 1 aromatic heterocycles. The summed E-state index contributed by atoms with van der Waals surface area (Å²) >= 11 is 12.5. The van der Waals surface area contributed by atoms with Crippen LogP contribution in [0, 0.1) is 5.41 Å². The Bertz CT molecular complexity index is 481. The fourth-order valence-electron chi connectivity index (χ4n) is 2.52. The molecule has 1 fully saturated rings. The van der Waals surface area contributed by atoms with Crippen LogP contribution < -0.4 is 11.1 Å². The molecular weight excluding hydrogens is 300 g/mol. The first-order valence-corrected chi connectivity index (χ1v) is 7.97. The molecule has 1 aliphatic carbocycles. The number of carbonyl (C=O) groups excluding carboxylic acids is 1. The highest BCUT2D eigenvalue weighted by molar-refractivity contribution is 7.80. The van der Waals surface area contributed by atoms with Gasteiger partial charge in [0.25, 0.3) is 0 Å². The van der Waals surface area contributed by atoms with Crippen molar-refractivity contribution in [3.63, 3.8) is 0 Å². The third-order valence-corrected chi connectivity index (χ3v) is 5.33. The van der Waals surface area contributed by atoms with E-state index in [1.807, 2.05) is 12.1 Å². The zero-order valence-electron chi connectivity index (χ0n) is 10.6. The number of nitrogens with one attached hydrogen (secondary N) is 1. The van der Waals surface area contributed by atoms with Crippen molar-refractivity contribution in [1.82, 2.24) is 5.32 Å². The fourth-order valence-corrected chi connectivity index (χ4v) is 3.90. The van der Waals surface area contributed by atoms with E-state index >= 15 is 0 Å². The number of halogens is 1. The van der Waals surface area contributed by atoms with Gasteiger partial charge in [0.2, 0.25) is 5.91 Å². The van der Waals surface area contributed by atoms with Crippen LogP contribution >= 0.6 is 35.2 Å². The number of nitrogens with two attached hydrogens (primary N) is 1. The molecule has 3 N–H and O–H groups in total. The van der Waals surface area contributed by atoms with Crippen LogP contribution in [0.2, 0.25) is 4.34 Å². The van der Waals surface area contributed by atoms with Gasteiger partial charge in [0.05, 0.1) is 14.7 Å². The Morgan fingerprint density at radius 3 is 2.68 bits per heavy atom. The third kappa shape index (κ3) is 3.27. The normalized spacial score (nSPS) is 17.3. The maximum absolute atomic E-state index is 12.3. The van der Waals surface area contributed by atoms with Gasteiger partial charge in [-0.05, 0) is 31.4 Å². The highest BCUT2D eigenvalue weighted by Crippen LogP contribution is 2.38. The van der Waals surface area contributed by atoms with Crippen molar-refractivity contribution in [3.05, 3.63) is 21.3 Å². The smallest absolute Gasteiger partial charge is 0.233 e. The first kappa shape index (κ1) is 14.8. The first-order valence-electron chi connectivity index (χ1n) is 6.37. The maximum atomic E-state index is 12.3. The Balaban J connectivity index is 1.88. The van der Waals surface area contributed by atoms with Gasteiger partial charge in [0, 0.05) is 11.4 Å². The van der Waals surface area contributed by atoms with E-state index < -0.39 is 5.41 Å². The molecule has 1 aliphatic rings. The van der Waals surface area contributed by atoms with Gasteiger partial charge in [-0.2, -0.15) is 0 Å². The average Bonchev–Trinajstić information content (AvgIpc) is 2.98. The maximum Gasteiger partial charge on any atom is 0.233 e. The largest absolute Gasteiger partial charge is 0.392 e. The molecule has 2 rings (SSSR count). The molecule has 0 spiro atoms. The van der Waals surface area contributed by atoms with E-state index in [1.54, 1.807) is 11.3 Å². The van der Waals surface area contributed by atoms with Crippen molar-refractivity contribution >= 4 is 46.1 Å². The molecule has 1 saturated carbocycles. The molecule has 0 saturated heterocycles. The zero-order chi connectivity index (χ0) is 13.9. The predicted molar refractivity (Wildman–Crippen MR) is 83.7 cm³/mol. The number of rotatable bonds is 5. The Hall–Kier alpha value is -0.650. The molecule has 0 aromatic carbocycles. The molecule has 6 heteroatoms. The minimum absolute atomic E-state index is 0.0137. The minimum Gasteiger partial charge on any atom is -0.392 e. The second-order valence-corrected chi connectivity index (χ2v) is 7.10. The van der Waals surface area contributed by atoms with E-state index in [0.717, 1.165) is 36.4 Å². The second kappa shape index (κ2) is 6.20. The van der Waals surface area contributed by atoms with Crippen LogP contribution in [0.5, 0.6) is 0 Å². The summed E-state index contributed by atoms with van der Waals surface area (Å²) in [5, 5.41) is 2.96. The predicted octanol–water partition coefficient (Wildman–Crippen LogP) is 2.91. The molecule has 3 nitrogen and oxygen atoms in total. The summed E-state index contributed by atoms with van der Waals surface area (Å²) in [4.78, 5) is 13.8. The molecule has 0 radical (unpaired) electrons. The van der Waals surface area contributed by atoms with E-state index in [0.29, 0.717) is 11.5 Å². The standard InChI is InChI=1S/C13H17ClN2OS2/c14-10-4-3-9(19-10)5-8-16-12(17)13(11(15)18)6-1-2-7-13/h3-4H,1-2,5-8H2,(H2,15,18)(H,16,17). The Morgan fingerprint density at radius 2 is 2.16 bits per heavy atom. The SMILES string of the molecule is NC(=S)C1(C(=O)NCCc2ccc(Cl)s2)CCCC1.